The number of hydrogen-bond acceptors (Lipinski definition) is 5. The van der Waals surface area contributed by atoms with Gasteiger partial charge in [-0.1, -0.05) is 24.3 Å². The lowest BCUT2D eigenvalue weighted by Crippen LogP contribution is -2.42. The Balaban J connectivity index is 1.38. The smallest absolute Gasteiger partial charge is 0.287 e. The topological polar surface area (TPSA) is 67.2 Å². The highest BCUT2D eigenvalue weighted by molar-refractivity contribution is 7.13. The Morgan fingerprint density at radius 3 is 2.81 bits per heavy atom. The third-order valence-electron chi connectivity index (χ3n) is 5.30. The van der Waals surface area contributed by atoms with Crippen LogP contribution in [0.1, 0.15) is 29.8 Å². The number of aromatic nitrogens is 1. The van der Waals surface area contributed by atoms with Crippen LogP contribution < -0.4 is 10.6 Å². The summed E-state index contributed by atoms with van der Waals surface area (Å²) in [5.41, 5.74) is 1.96. The van der Waals surface area contributed by atoms with E-state index in [1.54, 1.807) is 23.6 Å². The molecule has 3 aromatic rings. The minimum atomic E-state index is -0.137. The molecule has 2 aliphatic rings. The van der Waals surface area contributed by atoms with E-state index in [-0.39, 0.29) is 11.9 Å². The molecule has 1 amide bonds. The number of thiazole rings is 1. The second-order valence-electron chi connectivity index (χ2n) is 6.91. The van der Waals surface area contributed by atoms with E-state index in [1.165, 1.54) is 6.42 Å². The molecular weight excluding hydrogens is 346 g/mol. The predicted molar refractivity (Wildman–Crippen MR) is 101 cm³/mol. The molecule has 3 unspecified atom stereocenters. The largest absolute Gasteiger partial charge is 0.451 e. The zero-order chi connectivity index (χ0) is 17.5. The highest BCUT2D eigenvalue weighted by Gasteiger charge is 2.40. The van der Waals surface area contributed by atoms with Crippen LogP contribution >= 0.6 is 11.3 Å². The van der Waals surface area contributed by atoms with Crippen LogP contribution in [0.15, 0.2) is 52.4 Å². The van der Waals surface area contributed by atoms with E-state index in [2.05, 4.69) is 15.6 Å². The monoisotopic (exact) mass is 365 g/mol. The summed E-state index contributed by atoms with van der Waals surface area (Å²) in [5.74, 6) is 0.908. The van der Waals surface area contributed by atoms with Gasteiger partial charge >= 0.3 is 0 Å². The second-order valence-corrected chi connectivity index (χ2v) is 7.80. The van der Waals surface area contributed by atoms with Crippen molar-refractivity contribution in [3.63, 3.8) is 0 Å². The van der Waals surface area contributed by atoms with E-state index in [0.717, 1.165) is 29.0 Å². The summed E-state index contributed by atoms with van der Waals surface area (Å²) in [6, 6.07) is 12.8. The summed E-state index contributed by atoms with van der Waals surface area (Å²) in [6.45, 7) is 0. The molecule has 0 aliphatic carbocycles. The molecule has 4 heterocycles. The van der Waals surface area contributed by atoms with Crippen LogP contribution in [0.4, 0.5) is 0 Å². The molecule has 3 atom stereocenters. The fourth-order valence-corrected chi connectivity index (χ4v) is 4.75. The molecule has 2 bridgehead atoms. The quantitative estimate of drug-likeness (QED) is 0.740. The summed E-state index contributed by atoms with van der Waals surface area (Å²) in [5, 5.41) is 9.56. The minimum Gasteiger partial charge on any atom is -0.451 e. The summed E-state index contributed by atoms with van der Waals surface area (Å²) in [7, 11) is 0. The number of fused-ring (bicyclic) bond motifs is 2. The molecule has 5 nitrogen and oxygen atoms in total. The van der Waals surface area contributed by atoms with Crippen molar-refractivity contribution in [2.75, 3.05) is 0 Å². The standard InChI is InChI=1S/C20H19N3O2S/c24-19(23-16-11-12-5-6-15(16)22-12)18-8-7-17(25-18)13-3-1-2-4-14(13)20-21-9-10-26-20/h1-4,7-10,12,15-16,22H,5-6,11H2,(H,23,24). The number of carbonyl (C=O) groups excluding carboxylic acids is 1. The van der Waals surface area contributed by atoms with Gasteiger partial charge in [0.05, 0.1) is 0 Å². The lowest BCUT2D eigenvalue weighted by Gasteiger charge is -2.20. The van der Waals surface area contributed by atoms with Gasteiger partial charge in [0.15, 0.2) is 5.76 Å². The van der Waals surface area contributed by atoms with Crippen LogP contribution in [0.5, 0.6) is 0 Å². The molecule has 26 heavy (non-hydrogen) atoms. The van der Waals surface area contributed by atoms with Crippen LogP contribution in [-0.4, -0.2) is 29.0 Å². The number of amides is 1. The molecule has 6 heteroatoms. The van der Waals surface area contributed by atoms with Gasteiger partial charge in [-0.15, -0.1) is 11.3 Å². The van der Waals surface area contributed by atoms with E-state index in [1.807, 2.05) is 35.7 Å². The van der Waals surface area contributed by atoms with Crippen molar-refractivity contribution in [1.29, 1.82) is 0 Å². The van der Waals surface area contributed by atoms with Crippen LogP contribution in [0, 0.1) is 0 Å². The molecule has 0 saturated carbocycles. The summed E-state index contributed by atoms with van der Waals surface area (Å²) in [4.78, 5) is 17.0. The highest BCUT2D eigenvalue weighted by Crippen LogP contribution is 2.34. The molecule has 0 radical (unpaired) electrons. The molecule has 0 spiro atoms. The number of rotatable bonds is 4. The van der Waals surface area contributed by atoms with Gasteiger partial charge in [0.25, 0.3) is 5.91 Å². The fraction of sp³-hybridized carbons (Fsp3) is 0.300. The molecule has 2 N–H and O–H groups in total. The maximum atomic E-state index is 12.6. The normalized spacial score (nSPS) is 24.1. The molecule has 2 aliphatic heterocycles. The summed E-state index contributed by atoms with van der Waals surface area (Å²) >= 11 is 1.59. The van der Waals surface area contributed by atoms with E-state index in [9.17, 15) is 4.79 Å². The lowest BCUT2D eigenvalue weighted by atomic mass is 9.95. The maximum absolute atomic E-state index is 12.6. The first-order valence-electron chi connectivity index (χ1n) is 8.94. The lowest BCUT2D eigenvalue weighted by molar-refractivity contribution is 0.0903. The first-order valence-corrected chi connectivity index (χ1v) is 9.82. The number of nitrogens with one attached hydrogen (secondary N) is 2. The fourth-order valence-electron chi connectivity index (χ4n) is 4.07. The Kier molecular flexibility index (Phi) is 3.87. The van der Waals surface area contributed by atoms with Crippen molar-refractivity contribution in [3.05, 3.63) is 53.7 Å². The third-order valence-corrected chi connectivity index (χ3v) is 6.11. The number of benzene rings is 1. The van der Waals surface area contributed by atoms with Gasteiger partial charge in [-0.2, -0.15) is 0 Å². The Morgan fingerprint density at radius 2 is 2.08 bits per heavy atom. The first-order chi connectivity index (χ1) is 12.8. The van der Waals surface area contributed by atoms with E-state index >= 15 is 0 Å². The Labute approximate surface area is 155 Å². The Morgan fingerprint density at radius 1 is 1.19 bits per heavy atom. The van der Waals surface area contributed by atoms with Crippen molar-refractivity contribution in [2.45, 2.75) is 37.4 Å². The second kappa shape index (κ2) is 6.37. The van der Waals surface area contributed by atoms with E-state index in [0.29, 0.717) is 23.6 Å². The van der Waals surface area contributed by atoms with Crippen molar-refractivity contribution in [3.8, 4) is 21.9 Å². The molecule has 1 aromatic carbocycles. The predicted octanol–water partition coefficient (Wildman–Crippen LogP) is 3.69. The molecular formula is C20H19N3O2S. The van der Waals surface area contributed by atoms with Gasteiger partial charge in [-0.25, -0.2) is 4.98 Å². The zero-order valence-electron chi connectivity index (χ0n) is 14.1. The van der Waals surface area contributed by atoms with Crippen LogP contribution in [-0.2, 0) is 0 Å². The number of hydrogen-bond donors (Lipinski definition) is 2. The number of nitrogens with zero attached hydrogens (tertiary/aromatic N) is 1. The zero-order valence-corrected chi connectivity index (χ0v) is 15.0. The van der Waals surface area contributed by atoms with Crippen molar-refractivity contribution in [2.24, 2.45) is 0 Å². The molecule has 2 fully saturated rings. The maximum Gasteiger partial charge on any atom is 0.287 e. The van der Waals surface area contributed by atoms with Gasteiger partial charge in [0.2, 0.25) is 0 Å². The SMILES string of the molecule is O=C(NC1CC2CCC1N2)c1ccc(-c2ccccc2-c2nccs2)o1. The Hall–Kier alpha value is -2.44. The molecule has 2 saturated heterocycles. The number of carbonyl (C=O) groups is 1. The van der Waals surface area contributed by atoms with E-state index in [4.69, 9.17) is 4.42 Å². The average Bonchev–Trinajstić information content (AvgIpc) is 3.46. The third kappa shape index (κ3) is 2.75. The van der Waals surface area contributed by atoms with Gasteiger partial charge in [0, 0.05) is 40.8 Å². The summed E-state index contributed by atoms with van der Waals surface area (Å²) in [6.07, 6.45) is 5.16. The molecule has 5 rings (SSSR count). The highest BCUT2D eigenvalue weighted by atomic mass is 32.1. The van der Waals surface area contributed by atoms with Crippen molar-refractivity contribution < 1.29 is 9.21 Å². The van der Waals surface area contributed by atoms with Crippen molar-refractivity contribution in [1.82, 2.24) is 15.6 Å². The number of furan rings is 1. The molecule has 2 aromatic heterocycles. The Bertz CT molecular complexity index is 934. The van der Waals surface area contributed by atoms with Gasteiger partial charge in [0.1, 0.15) is 10.8 Å². The van der Waals surface area contributed by atoms with Crippen LogP contribution in [0.2, 0.25) is 0 Å². The van der Waals surface area contributed by atoms with Gasteiger partial charge in [-0.3, -0.25) is 4.79 Å². The van der Waals surface area contributed by atoms with E-state index < -0.39 is 0 Å². The molecule has 132 valence electrons. The van der Waals surface area contributed by atoms with Crippen LogP contribution in [0.25, 0.3) is 21.9 Å². The van der Waals surface area contributed by atoms with Gasteiger partial charge < -0.3 is 15.1 Å². The first kappa shape index (κ1) is 15.8. The van der Waals surface area contributed by atoms with Gasteiger partial charge in [-0.05, 0) is 31.4 Å². The average molecular weight is 365 g/mol. The van der Waals surface area contributed by atoms with Crippen molar-refractivity contribution >= 4 is 17.2 Å². The minimum absolute atomic E-state index is 0.137. The summed E-state index contributed by atoms with van der Waals surface area (Å²) < 4.78 is 5.90. The van der Waals surface area contributed by atoms with Crippen LogP contribution in [0.3, 0.4) is 0 Å².